The summed E-state index contributed by atoms with van der Waals surface area (Å²) in [7, 11) is 0. The largest absolute Gasteiger partial charge is 0.348 e. The van der Waals surface area contributed by atoms with E-state index in [9.17, 15) is 9.59 Å². The summed E-state index contributed by atoms with van der Waals surface area (Å²) in [6, 6.07) is 8.33. The van der Waals surface area contributed by atoms with Crippen molar-refractivity contribution in [3.63, 3.8) is 0 Å². The van der Waals surface area contributed by atoms with Crippen molar-refractivity contribution >= 4 is 11.8 Å². The van der Waals surface area contributed by atoms with Crippen LogP contribution in [0.2, 0.25) is 0 Å². The van der Waals surface area contributed by atoms with Gasteiger partial charge >= 0.3 is 0 Å². The molecule has 29 heavy (non-hydrogen) atoms. The Bertz CT molecular complexity index is 879. The third-order valence-electron chi connectivity index (χ3n) is 6.05. The van der Waals surface area contributed by atoms with Gasteiger partial charge in [0.05, 0.1) is 5.69 Å². The van der Waals surface area contributed by atoms with Crippen molar-refractivity contribution < 1.29 is 9.59 Å². The van der Waals surface area contributed by atoms with E-state index in [-0.39, 0.29) is 17.9 Å². The zero-order chi connectivity index (χ0) is 20.2. The molecule has 2 heterocycles. The van der Waals surface area contributed by atoms with Gasteiger partial charge in [0.15, 0.2) is 5.82 Å². The Morgan fingerprint density at radius 1 is 1.03 bits per heavy atom. The van der Waals surface area contributed by atoms with Crippen LogP contribution >= 0.6 is 0 Å². The first-order valence-electron chi connectivity index (χ1n) is 10.9. The van der Waals surface area contributed by atoms with Gasteiger partial charge in [-0.2, -0.15) is 0 Å². The van der Waals surface area contributed by atoms with Gasteiger partial charge in [-0.1, -0.05) is 49.1 Å². The fraction of sp³-hybridized carbons (Fsp3) is 0.522. The van der Waals surface area contributed by atoms with Crippen LogP contribution in [0.25, 0.3) is 0 Å². The van der Waals surface area contributed by atoms with Crippen molar-refractivity contribution in [2.75, 3.05) is 0 Å². The molecule has 2 N–H and O–H groups in total. The zero-order valence-electron chi connectivity index (χ0n) is 17.2. The minimum absolute atomic E-state index is 0.125. The number of benzene rings is 1. The molecule has 6 nitrogen and oxygen atoms in total. The predicted octanol–water partition coefficient (Wildman–Crippen LogP) is 3.52. The zero-order valence-corrected chi connectivity index (χ0v) is 17.2. The Balaban J connectivity index is 1.49. The van der Waals surface area contributed by atoms with E-state index >= 15 is 0 Å². The second kappa shape index (κ2) is 8.80. The molecule has 0 atom stereocenters. The number of hydrogen-bond donors (Lipinski definition) is 2. The van der Waals surface area contributed by atoms with Crippen molar-refractivity contribution in [3.8, 4) is 0 Å². The number of imidazole rings is 1. The molecule has 1 aromatic carbocycles. The number of aryl methyl sites for hydroxylation is 1. The van der Waals surface area contributed by atoms with Gasteiger partial charge in [-0.25, -0.2) is 4.98 Å². The van der Waals surface area contributed by atoms with Crippen LogP contribution in [0, 0.1) is 6.92 Å². The number of hydrogen-bond acceptors (Lipinski definition) is 3. The molecule has 1 aliphatic carbocycles. The molecule has 6 heteroatoms. The summed E-state index contributed by atoms with van der Waals surface area (Å²) in [5.74, 6) is 0.0196. The molecule has 1 aliphatic heterocycles. The molecule has 2 amide bonds. The summed E-state index contributed by atoms with van der Waals surface area (Å²) in [6.45, 7) is 3.23. The highest BCUT2D eigenvalue weighted by Gasteiger charge is 2.28. The smallest absolute Gasteiger partial charge is 0.287 e. The van der Waals surface area contributed by atoms with Crippen molar-refractivity contribution in [1.82, 2.24) is 20.2 Å². The highest BCUT2D eigenvalue weighted by molar-refractivity contribution is 5.97. The molecular weight excluding hydrogens is 364 g/mol. The number of nitrogens with one attached hydrogen (secondary N) is 2. The van der Waals surface area contributed by atoms with Crippen molar-refractivity contribution in [1.29, 1.82) is 0 Å². The van der Waals surface area contributed by atoms with E-state index in [0.717, 1.165) is 49.9 Å². The number of aromatic nitrogens is 2. The number of amides is 2. The van der Waals surface area contributed by atoms with Gasteiger partial charge in [0.25, 0.3) is 11.8 Å². The van der Waals surface area contributed by atoms with Gasteiger partial charge in [-0.3, -0.25) is 9.59 Å². The number of carbonyl (C=O) groups is 2. The Morgan fingerprint density at radius 2 is 1.79 bits per heavy atom. The molecule has 154 valence electrons. The van der Waals surface area contributed by atoms with Crippen molar-refractivity contribution in [3.05, 3.63) is 52.6 Å². The number of fused-ring (bicyclic) bond motifs is 1. The molecule has 0 saturated heterocycles. The maximum atomic E-state index is 12.9. The second-order valence-corrected chi connectivity index (χ2v) is 8.32. The molecule has 2 aromatic rings. The maximum absolute atomic E-state index is 12.9. The van der Waals surface area contributed by atoms with Crippen LogP contribution in [0.5, 0.6) is 0 Å². The Labute approximate surface area is 172 Å². The van der Waals surface area contributed by atoms with Gasteiger partial charge in [0, 0.05) is 19.1 Å². The Morgan fingerprint density at radius 3 is 2.55 bits per heavy atom. The van der Waals surface area contributed by atoms with E-state index in [0.29, 0.717) is 18.1 Å². The Kier molecular flexibility index (Phi) is 5.97. The lowest BCUT2D eigenvalue weighted by atomic mass is 9.95. The summed E-state index contributed by atoms with van der Waals surface area (Å²) in [6.07, 6.45) is 8.48. The third-order valence-corrected chi connectivity index (χ3v) is 6.05. The average Bonchev–Trinajstić information content (AvgIpc) is 3.14. The van der Waals surface area contributed by atoms with Crippen LogP contribution in [0.4, 0.5) is 0 Å². The number of nitrogens with zero attached hydrogens (tertiary/aromatic N) is 2. The fourth-order valence-corrected chi connectivity index (χ4v) is 4.37. The van der Waals surface area contributed by atoms with E-state index in [4.69, 9.17) is 0 Å². The fourth-order valence-electron chi connectivity index (χ4n) is 4.37. The minimum Gasteiger partial charge on any atom is -0.348 e. The van der Waals surface area contributed by atoms with Gasteiger partial charge in [-0.05, 0) is 44.6 Å². The molecule has 1 fully saturated rings. The van der Waals surface area contributed by atoms with E-state index in [1.807, 2.05) is 35.8 Å². The molecule has 1 saturated carbocycles. The van der Waals surface area contributed by atoms with Crippen LogP contribution in [0.1, 0.15) is 82.9 Å². The summed E-state index contributed by atoms with van der Waals surface area (Å²) in [5, 5.41) is 6.12. The van der Waals surface area contributed by atoms with Crippen molar-refractivity contribution in [2.45, 2.75) is 77.4 Å². The predicted molar refractivity (Wildman–Crippen MR) is 112 cm³/mol. The standard InChI is InChI=1S/C23H30N4O2/c1-16-10-12-17(13-11-16)15-24-23(29)21-26-20(19-9-5-6-14-27(19)21)22(28)25-18-7-3-2-4-8-18/h10-13,18H,2-9,14-15H2,1H3,(H,24,29)(H,25,28). The number of rotatable bonds is 5. The molecular formula is C23H30N4O2. The highest BCUT2D eigenvalue weighted by atomic mass is 16.2. The van der Waals surface area contributed by atoms with E-state index in [1.54, 1.807) is 0 Å². The molecule has 0 spiro atoms. The summed E-state index contributed by atoms with van der Waals surface area (Å²) in [5.41, 5.74) is 3.58. The minimum atomic E-state index is -0.217. The molecule has 0 radical (unpaired) electrons. The van der Waals surface area contributed by atoms with Gasteiger partial charge in [-0.15, -0.1) is 0 Å². The average molecular weight is 395 g/mol. The summed E-state index contributed by atoms with van der Waals surface area (Å²) in [4.78, 5) is 30.3. The second-order valence-electron chi connectivity index (χ2n) is 8.32. The summed E-state index contributed by atoms with van der Waals surface area (Å²) < 4.78 is 1.95. The van der Waals surface area contributed by atoms with Gasteiger partial charge in [0.1, 0.15) is 5.69 Å². The molecule has 0 bridgehead atoms. The quantitative estimate of drug-likeness (QED) is 0.815. The lowest BCUT2D eigenvalue weighted by Crippen LogP contribution is -2.37. The van der Waals surface area contributed by atoms with Crippen LogP contribution in [-0.2, 0) is 19.5 Å². The first kappa shape index (κ1) is 19.7. The highest BCUT2D eigenvalue weighted by Crippen LogP contribution is 2.23. The Hall–Kier alpha value is -2.63. The van der Waals surface area contributed by atoms with Gasteiger partial charge in [0.2, 0.25) is 0 Å². The normalized spacial score (nSPS) is 16.9. The van der Waals surface area contributed by atoms with E-state index < -0.39 is 0 Å². The molecule has 4 rings (SSSR count). The van der Waals surface area contributed by atoms with Crippen molar-refractivity contribution in [2.24, 2.45) is 0 Å². The first-order valence-corrected chi connectivity index (χ1v) is 10.9. The monoisotopic (exact) mass is 394 g/mol. The number of carbonyl (C=O) groups excluding carboxylic acids is 2. The maximum Gasteiger partial charge on any atom is 0.287 e. The summed E-state index contributed by atoms with van der Waals surface area (Å²) >= 11 is 0. The first-order chi connectivity index (χ1) is 14.1. The molecule has 0 unspecified atom stereocenters. The van der Waals surface area contributed by atoms with E-state index in [2.05, 4.69) is 15.6 Å². The molecule has 1 aromatic heterocycles. The SMILES string of the molecule is Cc1ccc(CNC(=O)c2nc(C(=O)NC3CCCCC3)c3n2CCCC3)cc1. The van der Waals surface area contributed by atoms with E-state index in [1.165, 1.54) is 24.8 Å². The third kappa shape index (κ3) is 4.52. The lowest BCUT2D eigenvalue weighted by molar-refractivity contribution is 0.0921. The topological polar surface area (TPSA) is 76.0 Å². The van der Waals surface area contributed by atoms with Crippen LogP contribution in [-0.4, -0.2) is 27.4 Å². The van der Waals surface area contributed by atoms with Crippen LogP contribution in [0.15, 0.2) is 24.3 Å². The van der Waals surface area contributed by atoms with Gasteiger partial charge < -0.3 is 15.2 Å². The lowest BCUT2D eigenvalue weighted by Gasteiger charge is -2.23. The van der Waals surface area contributed by atoms with Crippen LogP contribution in [0.3, 0.4) is 0 Å². The van der Waals surface area contributed by atoms with Crippen LogP contribution < -0.4 is 10.6 Å². The molecule has 2 aliphatic rings.